The zero-order valence-electron chi connectivity index (χ0n) is 28.0. The van der Waals surface area contributed by atoms with E-state index in [0.29, 0.717) is 51.6 Å². The molecule has 4 N–H and O–H groups in total. The lowest BCUT2D eigenvalue weighted by molar-refractivity contribution is -0.137. The second kappa shape index (κ2) is 15.6. The van der Waals surface area contributed by atoms with Gasteiger partial charge in [0, 0.05) is 56.9 Å². The lowest BCUT2D eigenvalue weighted by Gasteiger charge is -2.41. The van der Waals surface area contributed by atoms with E-state index in [1.165, 1.54) is 17.6 Å². The Morgan fingerprint density at radius 3 is 2.34 bits per heavy atom. The summed E-state index contributed by atoms with van der Waals surface area (Å²) in [6.07, 6.45) is 1.10. The molecule has 0 saturated carbocycles. The van der Waals surface area contributed by atoms with Crippen LogP contribution in [0.25, 0.3) is 0 Å². The van der Waals surface area contributed by atoms with E-state index in [0.717, 1.165) is 62.5 Å². The first-order valence-corrected chi connectivity index (χ1v) is 17.9. The van der Waals surface area contributed by atoms with Gasteiger partial charge in [-0.1, -0.05) is 36.2 Å². The summed E-state index contributed by atoms with van der Waals surface area (Å²) in [6.45, 7) is 4.34. The van der Waals surface area contributed by atoms with E-state index in [4.69, 9.17) is 22.2 Å². The fraction of sp³-hybridized carbons (Fsp3) is 0.571. The number of hydrogen-bond acceptors (Lipinski definition) is 7. The van der Waals surface area contributed by atoms with Crippen LogP contribution < -0.4 is 16.4 Å². The number of rotatable bonds is 7. The van der Waals surface area contributed by atoms with Crippen LogP contribution in [0, 0.1) is 0 Å². The van der Waals surface area contributed by atoms with Gasteiger partial charge in [0.2, 0.25) is 5.91 Å². The van der Waals surface area contributed by atoms with Crippen LogP contribution in [-0.4, -0.2) is 102 Å². The fourth-order valence-electron chi connectivity index (χ4n) is 7.69. The number of halogens is 4. The van der Waals surface area contributed by atoms with Crippen molar-refractivity contribution in [1.82, 2.24) is 25.1 Å². The van der Waals surface area contributed by atoms with Gasteiger partial charge in [-0.05, 0) is 87.4 Å². The molecule has 50 heavy (non-hydrogen) atoms. The van der Waals surface area contributed by atoms with Crippen molar-refractivity contribution in [2.45, 2.75) is 82.1 Å². The third-order valence-corrected chi connectivity index (χ3v) is 10.7. The zero-order chi connectivity index (χ0) is 35.4. The molecule has 15 heteroatoms. The number of nitrogen functional groups attached to an aromatic ring is 1. The van der Waals surface area contributed by atoms with Crippen LogP contribution in [-0.2, 0) is 28.7 Å². The molecule has 11 nitrogen and oxygen atoms in total. The molecule has 4 aliphatic heterocycles. The van der Waals surface area contributed by atoms with Crippen LogP contribution in [0.15, 0.2) is 36.4 Å². The number of nitrogens with zero attached hydrogens (tertiary/aromatic N) is 4. The number of carbonyl (C=O) groups is 3. The minimum Gasteiger partial charge on any atom is -0.397 e. The maximum Gasteiger partial charge on any atom is 0.426 e. The molecule has 4 amide bonds. The highest BCUT2D eigenvalue weighted by molar-refractivity contribution is 6.33. The summed E-state index contributed by atoms with van der Waals surface area (Å²) in [5, 5.41) is 6.84. The molecule has 272 valence electrons. The number of nitrogens with one attached hydrogen (secondary N) is 2. The molecule has 2 aromatic rings. The normalized spacial score (nSPS) is 20.8. The SMILES string of the molecule is Nc1c(Cl)cc(CC(NC(=O)ON2CCC(N3CCc4ccccc4NC3=O)CC2)C(=O)N2CCC(N3CCCCC3)CC2)cc1C(F)(F)F. The molecule has 4 aliphatic rings. The molecule has 0 radical (unpaired) electrons. The molecular weight excluding hydrogens is 675 g/mol. The lowest BCUT2D eigenvalue weighted by Crippen LogP contribution is -2.55. The summed E-state index contributed by atoms with van der Waals surface area (Å²) < 4.78 is 41.3. The van der Waals surface area contributed by atoms with Gasteiger partial charge in [-0.3, -0.25) is 4.79 Å². The molecule has 3 fully saturated rings. The van der Waals surface area contributed by atoms with Crippen molar-refractivity contribution in [2.75, 3.05) is 56.9 Å². The number of anilines is 2. The van der Waals surface area contributed by atoms with Gasteiger partial charge < -0.3 is 35.9 Å². The number of alkyl halides is 3. The van der Waals surface area contributed by atoms with Gasteiger partial charge >= 0.3 is 18.3 Å². The number of amides is 4. The summed E-state index contributed by atoms with van der Waals surface area (Å²) in [4.78, 5) is 51.8. The number of hydrogen-bond donors (Lipinski definition) is 3. The van der Waals surface area contributed by atoms with Gasteiger partial charge in [-0.25, -0.2) is 9.59 Å². The molecular formula is C35H45ClF3N7O4. The number of likely N-dealkylation sites (tertiary alicyclic amines) is 2. The van der Waals surface area contributed by atoms with Crippen molar-refractivity contribution in [1.29, 1.82) is 0 Å². The zero-order valence-corrected chi connectivity index (χ0v) is 28.8. The Balaban J connectivity index is 1.09. The second-order valence-electron chi connectivity index (χ2n) is 13.7. The van der Waals surface area contributed by atoms with E-state index in [1.807, 2.05) is 29.2 Å². The van der Waals surface area contributed by atoms with Gasteiger partial charge in [0.15, 0.2) is 0 Å². The number of fused-ring (bicyclic) bond motifs is 1. The first-order chi connectivity index (χ1) is 24.0. The first kappa shape index (κ1) is 36.1. The van der Waals surface area contributed by atoms with E-state index >= 15 is 0 Å². The molecule has 1 atom stereocenters. The van der Waals surface area contributed by atoms with Gasteiger partial charge in [-0.15, -0.1) is 5.06 Å². The van der Waals surface area contributed by atoms with Crippen LogP contribution in [0.5, 0.6) is 0 Å². The Hall–Kier alpha value is -3.75. The van der Waals surface area contributed by atoms with Crippen molar-refractivity contribution >= 4 is 41.0 Å². The minimum absolute atomic E-state index is 0.0486. The van der Waals surface area contributed by atoms with Crippen molar-refractivity contribution < 1.29 is 32.4 Å². The van der Waals surface area contributed by atoms with Gasteiger partial charge in [0.25, 0.3) is 0 Å². The monoisotopic (exact) mass is 719 g/mol. The number of para-hydroxylation sites is 1. The number of carbonyl (C=O) groups excluding carboxylic acids is 3. The highest BCUT2D eigenvalue weighted by Crippen LogP contribution is 2.38. The van der Waals surface area contributed by atoms with E-state index in [-0.39, 0.29) is 29.1 Å². The molecule has 2 aromatic carbocycles. The van der Waals surface area contributed by atoms with Crippen LogP contribution in [0.1, 0.15) is 61.6 Å². The van der Waals surface area contributed by atoms with Crippen molar-refractivity contribution in [3.63, 3.8) is 0 Å². The Labute approximate surface area is 295 Å². The number of nitrogens with two attached hydrogens (primary N) is 1. The highest BCUT2D eigenvalue weighted by atomic mass is 35.5. The smallest absolute Gasteiger partial charge is 0.397 e. The number of urea groups is 1. The van der Waals surface area contributed by atoms with Gasteiger partial charge in [0.1, 0.15) is 6.04 Å². The summed E-state index contributed by atoms with van der Waals surface area (Å²) >= 11 is 6.10. The first-order valence-electron chi connectivity index (χ1n) is 17.5. The van der Waals surface area contributed by atoms with Gasteiger partial charge in [0.05, 0.1) is 16.3 Å². The van der Waals surface area contributed by atoms with Crippen LogP contribution >= 0.6 is 11.6 Å². The summed E-state index contributed by atoms with van der Waals surface area (Å²) in [6, 6.07) is 8.86. The predicted molar refractivity (Wildman–Crippen MR) is 183 cm³/mol. The standard InChI is InChI=1S/C35H45ClF3N7O4/c36-28-21-23(20-27(31(28)40)35(37,38)39)22-30(32(47)44-15-9-25(10-16-44)43-13-4-1-5-14-43)42-34(49)50-45-17-11-26(12-18-45)46-19-8-24-6-2-3-7-29(24)41-33(46)48/h2-3,6-7,20-21,25-26,30H,1,4-5,8-19,22,40H2,(H,41,48)(H,42,49). The average Bonchev–Trinajstić information content (AvgIpc) is 3.27. The molecule has 6 rings (SSSR count). The Kier molecular flexibility index (Phi) is 11.3. The number of hydroxylamine groups is 2. The van der Waals surface area contributed by atoms with Crippen LogP contribution in [0.3, 0.4) is 0 Å². The Morgan fingerprint density at radius 1 is 0.960 bits per heavy atom. The second-order valence-corrected chi connectivity index (χ2v) is 14.1. The molecule has 0 bridgehead atoms. The third-order valence-electron chi connectivity index (χ3n) is 10.4. The number of piperidine rings is 3. The van der Waals surface area contributed by atoms with E-state index < -0.39 is 35.5 Å². The quantitative estimate of drug-likeness (QED) is 0.322. The van der Waals surface area contributed by atoms with Gasteiger partial charge in [-0.2, -0.15) is 13.2 Å². The van der Waals surface area contributed by atoms with E-state index in [1.54, 1.807) is 4.90 Å². The van der Waals surface area contributed by atoms with Crippen molar-refractivity contribution in [3.05, 3.63) is 58.1 Å². The lowest BCUT2D eigenvalue weighted by atomic mass is 9.97. The third kappa shape index (κ3) is 8.57. The number of benzene rings is 2. The maximum absolute atomic E-state index is 13.9. The highest BCUT2D eigenvalue weighted by Gasteiger charge is 2.37. The molecule has 4 heterocycles. The molecule has 0 aromatic heterocycles. The predicted octanol–water partition coefficient (Wildman–Crippen LogP) is 5.52. The topological polar surface area (TPSA) is 123 Å². The summed E-state index contributed by atoms with van der Waals surface area (Å²) in [7, 11) is 0. The average molecular weight is 720 g/mol. The molecule has 0 spiro atoms. The van der Waals surface area contributed by atoms with E-state index in [9.17, 15) is 27.6 Å². The summed E-state index contributed by atoms with van der Waals surface area (Å²) in [5.74, 6) is -0.396. The molecule has 3 saturated heterocycles. The van der Waals surface area contributed by atoms with E-state index in [2.05, 4.69) is 15.5 Å². The van der Waals surface area contributed by atoms with Crippen molar-refractivity contribution in [2.24, 2.45) is 0 Å². The molecule has 0 aliphatic carbocycles. The fourth-order valence-corrected chi connectivity index (χ4v) is 7.93. The van der Waals surface area contributed by atoms with Crippen LogP contribution in [0.4, 0.5) is 34.1 Å². The van der Waals surface area contributed by atoms with Crippen LogP contribution in [0.2, 0.25) is 5.02 Å². The molecule has 1 unspecified atom stereocenters. The largest absolute Gasteiger partial charge is 0.426 e. The Bertz CT molecular complexity index is 1540. The summed E-state index contributed by atoms with van der Waals surface area (Å²) in [5.41, 5.74) is 5.95. The van der Waals surface area contributed by atoms with Crippen molar-refractivity contribution in [3.8, 4) is 0 Å². The maximum atomic E-state index is 13.9. The Morgan fingerprint density at radius 2 is 1.64 bits per heavy atom. The minimum atomic E-state index is -4.75.